The summed E-state index contributed by atoms with van der Waals surface area (Å²) in [7, 11) is 2.93. The number of hydrogen-bond acceptors (Lipinski definition) is 10. The fraction of sp³-hybridized carbons (Fsp3) is 0.520. The van der Waals surface area contributed by atoms with E-state index < -0.39 is 82.3 Å². The van der Waals surface area contributed by atoms with Crippen LogP contribution >= 0.6 is 0 Å². The van der Waals surface area contributed by atoms with Crippen molar-refractivity contribution in [3.05, 3.63) is 29.3 Å². The van der Waals surface area contributed by atoms with E-state index in [2.05, 4.69) is 0 Å². The molecule has 3 saturated carbocycles. The predicted octanol–water partition coefficient (Wildman–Crippen LogP) is -1.20. The minimum Gasteiger partial charge on any atom is -0.507 e. The molecule has 0 saturated heterocycles. The maximum absolute atomic E-state index is 13.9. The lowest BCUT2D eigenvalue weighted by Gasteiger charge is -2.55. The highest BCUT2D eigenvalue weighted by molar-refractivity contribution is 6.32. The minimum absolute atomic E-state index is 0.0167. The van der Waals surface area contributed by atoms with E-state index in [1.165, 1.54) is 31.1 Å². The topological polar surface area (TPSA) is 181 Å². The maximum Gasteiger partial charge on any atom is 0.309 e. The molecule has 4 N–H and O–H groups in total. The average Bonchev–Trinajstić information content (AvgIpc) is 3.63. The predicted molar refractivity (Wildman–Crippen MR) is 119 cm³/mol. The number of aliphatic hydroxyl groups is 1. The number of carbonyl (C=O) groups excluding carboxylic acids is 6. The summed E-state index contributed by atoms with van der Waals surface area (Å²) >= 11 is 0. The number of phenolic OH excluding ortho intramolecular Hbond substituents is 1. The Labute approximate surface area is 205 Å². The Morgan fingerprint density at radius 3 is 2.36 bits per heavy atom. The summed E-state index contributed by atoms with van der Waals surface area (Å²) in [6.07, 6.45) is -0.188. The average molecular weight is 498 g/mol. The molecule has 0 heterocycles. The van der Waals surface area contributed by atoms with Gasteiger partial charge in [0.15, 0.2) is 34.7 Å². The lowest BCUT2D eigenvalue weighted by molar-refractivity contribution is -0.204. The molecule has 1 aromatic carbocycles. The van der Waals surface area contributed by atoms with Crippen molar-refractivity contribution in [2.75, 3.05) is 14.1 Å². The lowest BCUT2D eigenvalue weighted by Crippen LogP contribution is -2.78. The third kappa shape index (κ3) is 3.19. The van der Waals surface area contributed by atoms with Gasteiger partial charge in [-0.25, -0.2) is 0 Å². The second-order valence-electron chi connectivity index (χ2n) is 10.4. The van der Waals surface area contributed by atoms with Crippen molar-refractivity contribution in [2.45, 2.75) is 37.0 Å². The number of benzene rings is 1. The van der Waals surface area contributed by atoms with Crippen molar-refractivity contribution in [2.24, 2.45) is 35.3 Å². The number of Topliss-reactive ketones (excluding diaryl/α,β-unsaturated/α-hetero) is 4. The first-order valence-electron chi connectivity index (χ1n) is 11.8. The number of rotatable bonds is 4. The third-order valence-electron chi connectivity index (χ3n) is 8.02. The Bertz CT molecular complexity index is 1240. The van der Waals surface area contributed by atoms with Crippen molar-refractivity contribution < 1.29 is 43.7 Å². The Hall–Kier alpha value is -3.44. The van der Waals surface area contributed by atoms with Crippen molar-refractivity contribution in [1.29, 1.82) is 0 Å². The molecule has 1 amide bonds. The number of nitrogens with zero attached hydrogens (tertiary/aromatic N) is 1. The molecular formula is C25H26N2O9. The first-order chi connectivity index (χ1) is 16.9. The highest BCUT2D eigenvalue weighted by Gasteiger charge is 2.73. The van der Waals surface area contributed by atoms with Gasteiger partial charge in [0.05, 0.1) is 29.4 Å². The zero-order chi connectivity index (χ0) is 26.3. The summed E-state index contributed by atoms with van der Waals surface area (Å²) in [4.78, 5) is 80.6. The number of ether oxygens (including phenoxy) is 1. The molecule has 1 aromatic rings. The number of hydrogen-bond donors (Lipinski definition) is 3. The number of fused-ring (bicyclic) bond motifs is 3. The van der Waals surface area contributed by atoms with Crippen LogP contribution in [-0.2, 0) is 35.1 Å². The van der Waals surface area contributed by atoms with Crippen molar-refractivity contribution >= 4 is 35.0 Å². The van der Waals surface area contributed by atoms with Crippen LogP contribution in [-0.4, -0.2) is 82.0 Å². The number of aromatic hydroxyl groups is 1. The van der Waals surface area contributed by atoms with Crippen LogP contribution in [0.25, 0.3) is 0 Å². The molecule has 11 heteroatoms. The molecule has 0 aromatic heterocycles. The summed E-state index contributed by atoms with van der Waals surface area (Å²) in [5, 5.41) is 22.2. The van der Waals surface area contributed by atoms with Gasteiger partial charge >= 0.3 is 5.97 Å². The van der Waals surface area contributed by atoms with Crippen LogP contribution in [0.5, 0.6) is 5.75 Å². The summed E-state index contributed by atoms with van der Waals surface area (Å²) < 4.78 is 5.82. The van der Waals surface area contributed by atoms with E-state index in [-0.39, 0.29) is 17.7 Å². The van der Waals surface area contributed by atoms with Gasteiger partial charge in [0.1, 0.15) is 11.9 Å². The van der Waals surface area contributed by atoms with Crippen molar-refractivity contribution in [1.82, 2.24) is 4.90 Å². The summed E-state index contributed by atoms with van der Waals surface area (Å²) in [6.45, 7) is 0. The SMILES string of the molecule is CN(C)[C@H]1C(=O)C(C(N)=O)C(=O)[C@]2(O)C(=O)C3C(=O)c4c(O)cccc4C[C@@H]3[C@@H](OC(=O)C3CC3)[C@H]12. The number of amides is 1. The lowest BCUT2D eigenvalue weighted by atomic mass is 9.51. The molecule has 0 bridgehead atoms. The number of ketones is 4. The van der Waals surface area contributed by atoms with Gasteiger partial charge in [0.25, 0.3) is 0 Å². The molecule has 4 aliphatic carbocycles. The molecule has 11 nitrogen and oxygen atoms in total. The minimum atomic E-state index is -2.99. The number of likely N-dealkylation sites (N-methyl/N-ethyl adjacent to an activating group) is 1. The number of carbonyl (C=O) groups is 6. The van der Waals surface area contributed by atoms with E-state index in [0.29, 0.717) is 18.4 Å². The van der Waals surface area contributed by atoms with E-state index in [0.717, 1.165) is 0 Å². The maximum atomic E-state index is 13.9. The summed E-state index contributed by atoms with van der Waals surface area (Å²) in [5.41, 5.74) is 2.64. The monoisotopic (exact) mass is 498 g/mol. The standard InChI is InChI=1S/C25H26N2O9/c1-27(2)17-16-20(36-24(34)9-6-7-9)11-8-10-4-3-5-12(28)13(10)18(29)14(11)21(31)25(16,35)22(32)15(19(17)30)23(26)33/h3-5,9,11,14-17,20,28,35H,6-8H2,1-2H3,(H2,26,33)/t11-,14?,15?,16-,17+,20+,25+/m0/s1. The molecule has 0 radical (unpaired) electrons. The van der Waals surface area contributed by atoms with Crippen molar-refractivity contribution in [3.63, 3.8) is 0 Å². The first-order valence-corrected chi connectivity index (χ1v) is 11.8. The molecule has 0 spiro atoms. The van der Waals surface area contributed by atoms with Gasteiger partial charge in [0.2, 0.25) is 5.91 Å². The van der Waals surface area contributed by atoms with Crippen molar-refractivity contribution in [3.8, 4) is 5.75 Å². The van der Waals surface area contributed by atoms with Crippen LogP contribution in [0.4, 0.5) is 0 Å². The van der Waals surface area contributed by atoms with Gasteiger partial charge in [-0.05, 0) is 45.0 Å². The fourth-order valence-corrected chi connectivity index (χ4v) is 6.23. The van der Waals surface area contributed by atoms with Crippen LogP contribution < -0.4 is 5.73 Å². The second-order valence-corrected chi connectivity index (χ2v) is 10.4. The van der Waals surface area contributed by atoms with Crippen LogP contribution in [0.3, 0.4) is 0 Å². The summed E-state index contributed by atoms with van der Waals surface area (Å²) in [6, 6.07) is 3.02. The zero-order valence-corrected chi connectivity index (χ0v) is 19.7. The first kappa shape index (κ1) is 24.3. The molecule has 5 rings (SSSR count). The number of primary amides is 1. The molecule has 0 aliphatic heterocycles. The van der Waals surface area contributed by atoms with Gasteiger partial charge in [-0.1, -0.05) is 12.1 Å². The van der Waals surface area contributed by atoms with Gasteiger partial charge in [0, 0.05) is 5.92 Å². The van der Waals surface area contributed by atoms with Gasteiger partial charge in [-0.15, -0.1) is 0 Å². The number of phenols is 1. The van der Waals surface area contributed by atoms with Gasteiger partial charge < -0.3 is 20.7 Å². The summed E-state index contributed by atoms with van der Waals surface area (Å²) in [5.74, 6) is -13.4. The Balaban J connectivity index is 1.73. The van der Waals surface area contributed by atoms with Crippen LogP contribution in [0, 0.1) is 29.6 Å². The molecule has 190 valence electrons. The zero-order valence-electron chi connectivity index (χ0n) is 19.7. The van der Waals surface area contributed by atoms with Crippen LogP contribution in [0.2, 0.25) is 0 Å². The van der Waals surface area contributed by atoms with E-state index in [1.807, 2.05) is 0 Å². The molecule has 2 unspecified atom stereocenters. The van der Waals surface area contributed by atoms with E-state index in [1.54, 1.807) is 6.07 Å². The highest BCUT2D eigenvalue weighted by Crippen LogP contribution is 2.52. The van der Waals surface area contributed by atoms with E-state index in [9.17, 15) is 39.0 Å². The normalized spacial score (nSPS) is 35.7. The third-order valence-corrected chi connectivity index (χ3v) is 8.02. The Morgan fingerprint density at radius 1 is 1.11 bits per heavy atom. The number of nitrogens with two attached hydrogens (primary N) is 1. The highest BCUT2D eigenvalue weighted by atomic mass is 16.5. The van der Waals surface area contributed by atoms with Gasteiger partial charge in [-0.2, -0.15) is 0 Å². The smallest absolute Gasteiger partial charge is 0.309 e. The molecular weight excluding hydrogens is 472 g/mol. The quantitative estimate of drug-likeness (QED) is 0.337. The van der Waals surface area contributed by atoms with Crippen LogP contribution in [0.15, 0.2) is 18.2 Å². The van der Waals surface area contributed by atoms with E-state index in [4.69, 9.17) is 10.5 Å². The second kappa shape index (κ2) is 8.04. The van der Waals surface area contributed by atoms with Crippen LogP contribution in [0.1, 0.15) is 28.8 Å². The molecule has 3 fully saturated rings. The largest absolute Gasteiger partial charge is 0.507 e. The molecule has 4 aliphatic rings. The van der Waals surface area contributed by atoms with E-state index >= 15 is 0 Å². The van der Waals surface area contributed by atoms with Gasteiger partial charge in [-0.3, -0.25) is 33.7 Å². The molecule has 36 heavy (non-hydrogen) atoms. The number of esters is 1. The molecule has 7 atom stereocenters. The Morgan fingerprint density at radius 2 is 1.78 bits per heavy atom. The Kier molecular flexibility index (Phi) is 5.42. The fourth-order valence-electron chi connectivity index (χ4n) is 6.23.